The molecule has 2 fully saturated rings. The van der Waals surface area contributed by atoms with E-state index in [4.69, 9.17) is 5.26 Å². The van der Waals surface area contributed by atoms with Gasteiger partial charge in [-0.1, -0.05) is 26.2 Å². The summed E-state index contributed by atoms with van der Waals surface area (Å²) in [4.78, 5) is 26.1. The van der Waals surface area contributed by atoms with E-state index in [-0.39, 0.29) is 24.3 Å². The largest absolute Gasteiger partial charge is 0.278 e. The van der Waals surface area contributed by atoms with Gasteiger partial charge in [-0.2, -0.15) is 5.26 Å². The van der Waals surface area contributed by atoms with E-state index in [9.17, 15) is 9.59 Å². The van der Waals surface area contributed by atoms with Gasteiger partial charge in [0.2, 0.25) is 11.8 Å². The van der Waals surface area contributed by atoms with Gasteiger partial charge < -0.3 is 0 Å². The van der Waals surface area contributed by atoms with Crippen LogP contribution in [-0.4, -0.2) is 22.8 Å². The molecule has 1 saturated heterocycles. The number of hydrogen-bond donors (Lipinski definition) is 0. The van der Waals surface area contributed by atoms with Crippen molar-refractivity contribution in [3.63, 3.8) is 0 Å². The molecule has 1 spiro atoms. The Balaban J connectivity index is 2.21. The number of imide groups is 1. The number of nitriles is 1. The maximum absolute atomic E-state index is 12.6. The second-order valence-electron chi connectivity index (χ2n) is 5.51. The second-order valence-corrected chi connectivity index (χ2v) is 5.51. The smallest absolute Gasteiger partial charge is 0.236 e. The summed E-state index contributed by atoms with van der Waals surface area (Å²) in [6, 6.07) is 1.86. The Morgan fingerprint density at radius 2 is 2.00 bits per heavy atom. The third-order valence-corrected chi connectivity index (χ3v) is 4.40. The van der Waals surface area contributed by atoms with Crippen LogP contribution in [-0.2, 0) is 9.59 Å². The third-order valence-electron chi connectivity index (χ3n) is 4.40. The molecule has 4 nitrogen and oxygen atoms in total. The molecule has 0 aromatic carbocycles. The summed E-state index contributed by atoms with van der Waals surface area (Å²) >= 11 is 0. The zero-order valence-electron chi connectivity index (χ0n) is 10.9. The van der Waals surface area contributed by atoms with Crippen molar-refractivity contribution in [3.8, 4) is 6.07 Å². The average Bonchev–Trinajstić information content (AvgIpc) is 2.60. The van der Waals surface area contributed by atoms with E-state index in [1.165, 1.54) is 11.3 Å². The fourth-order valence-corrected chi connectivity index (χ4v) is 3.33. The molecule has 0 N–H and O–H groups in total. The van der Waals surface area contributed by atoms with E-state index in [2.05, 4.69) is 6.07 Å². The lowest BCUT2D eigenvalue weighted by atomic mass is 9.73. The summed E-state index contributed by atoms with van der Waals surface area (Å²) in [5, 5.41) is 8.80. The lowest BCUT2D eigenvalue weighted by Gasteiger charge is -2.32. The molecule has 0 aromatic rings. The minimum absolute atomic E-state index is 0.00528. The zero-order valence-corrected chi connectivity index (χ0v) is 10.9. The van der Waals surface area contributed by atoms with Gasteiger partial charge in [-0.25, -0.2) is 0 Å². The van der Waals surface area contributed by atoms with Crippen molar-refractivity contribution in [2.45, 2.75) is 64.3 Å². The van der Waals surface area contributed by atoms with E-state index in [0.717, 1.165) is 25.7 Å². The van der Waals surface area contributed by atoms with Crippen LogP contribution < -0.4 is 0 Å². The van der Waals surface area contributed by atoms with Crippen LogP contribution in [0, 0.1) is 16.7 Å². The molecule has 1 saturated carbocycles. The molecule has 0 radical (unpaired) electrons. The van der Waals surface area contributed by atoms with Crippen LogP contribution in [0.4, 0.5) is 0 Å². The van der Waals surface area contributed by atoms with E-state index >= 15 is 0 Å². The fourth-order valence-electron chi connectivity index (χ4n) is 3.33. The normalized spacial score (nSPS) is 24.3. The highest BCUT2D eigenvalue weighted by Gasteiger charge is 2.52. The molecule has 2 aliphatic rings. The minimum Gasteiger partial charge on any atom is -0.278 e. The number of likely N-dealkylation sites (tertiary alicyclic amines) is 1. The SMILES string of the molecule is CCC(CC#N)N1C(=O)CC2(CCCCC2)C1=O. The predicted molar refractivity (Wildman–Crippen MR) is 66.3 cm³/mol. The molecule has 1 aliphatic carbocycles. The summed E-state index contributed by atoms with van der Waals surface area (Å²) in [5.74, 6) is -0.0710. The first-order chi connectivity index (χ1) is 8.64. The molecule has 98 valence electrons. The monoisotopic (exact) mass is 248 g/mol. The third kappa shape index (κ3) is 2.03. The van der Waals surface area contributed by atoms with Gasteiger partial charge in [0.25, 0.3) is 0 Å². The predicted octanol–water partition coefficient (Wildman–Crippen LogP) is 2.39. The maximum Gasteiger partial charge on any atom is 0.236 e. The van der Waals surface area contributed by atoms with Gasteiger partial charge in [-0.15, -0.1) is 0 Å². The highest BCUT2D eigenvalue weighted by atomic mass is 16.2. The highest BCUT2D eigenvalue weighted by Crippen LogP contribution is 2.46. The Kier molecular flexibility index (Phi) is 3.70. The van der Waals surface area contributed by atoms with Gasteiger partial charge in [0.05, 0.1) is 23.9 Å². The molecule has 1 unspecified atom stereocenters. The number of amides is 2. The number of carbonyl (C=O) groups is 2. The van der Waals surface area contributed by atoms with E-state index in [1.54, 1.807) is 0 Å². The minimum atomic E-state index is -0.418. The summed E-state index contributed by atoms with van der Waals surface area (Å²) < 4.78 is 0. The molecule has 18 heavy (non-hydrogen) atoms. The van der Waals surface area contributed by atoms with Gasteiger partial charge in [0.1, 0.15) is 0 Å². The lowest BCUT2D eigenvalue weighted by Crippen LogP contribution is -2.42. The molecule has 0 bridgehead atoms. The first-order valence-electron chi connectivity index (χ1n) is 6.88. The molecule has 2 amide bonds. The highest BCUT2D eigenvalue weighted by molar-refractivity contribution is 6.06. The van der Waals surface area contributed by atoms with Crippen LogP contribution >= 0.6 is 0 Å². The van der Waals surface area contributed by atoms with Crippen molar-refractivity contribution in [2.75, 3.05) is 0 Å². The Bertz CT molecular complexity index is 391. The van der Waals surface area contributed by atoms with Gasteiger partial charge >= 0.3 is 0 Å². The van der Waals surface area contributed by atoms with Crippen LogP contribution in [0.15, 0.2) is 0 Å². The number of rotatable bonds is 3. The van der Waals surface area contributed by atoms with E-state index < -0.39 is 5.41 Å². The zero-order chi connectivity index (χ0) is 13.2. The summed E-state index contributed by atoms with van der Waals surface area (Å²) in [7, 11) is 0. The van der Waals surface area contributed by atoms with Crippen molar-refractivity contribution in [3.05, 3.63) is 0 Å². The molecular formula is C14H20N2O2. The summed E-state index contributed by atoms with van der Waals surface area (Å²) in [6.45, 7) is 1.93. The first kappa shape index (κ1) is 13.1. The van der Waals surface area contributed by atoms with Gasteiger partial charge in [0.15, 0.2) is 0 Å². The quantitative estimate of drug-likeness (QED) is 0.720. The van der Waals surface area contributed by atoms with Crippen LogP contribution in [0.3, 0.4) is 0 Å². The maximum atomic E-state index is 12.6. The van der Waals surface area contributed by atoms with Crippen LogP contribution in [0.2, 0.25) is 0 Å². The molecule has 0 aromatic heterocycles. The molecule has 1 heterocycles. The topological polar surface area (TPSA) is 61.2 Å². The number of hydrogen-bond acceptors (Lipinski definition) is 3. The molecule has 1 aliphatic heterocycles. The average molecular weight is 248 g/mol. The Hall–Kier alpha value is -1.37. The van der Waals surface area contributed by atoms with Gasteiger partial charge in [-0.3, -0.25) is 14.5 Å². The van der Waals surface area contributed by atoms with Crippen LogP contribution in [0.25, 0.3) is 0 Å². The molecule has 4 heteroatoms. The number of nitrogens with zero attached hydrogens (tertiary/aromatic N) is 2. The molecule has 2 rings (SSSR count). The number of carbonyl (C=O) groups excluding carboxylic acids is 2. The molecule has 1 atom stereocenters. The Morgan fingerprint density at radius 3 is 2.56 bits per heavy atom. The Labute approximate surface area is 108 Å². The Morgan fingerprint density at radius 1 is 1.33 bits per heavy atom. The lowest BCUT2D eigenvalue weighted by molar-refractivity contribution is -0.144. The van der Waals surface area contributed by atoms with Crippen molar-refractivity contribution in [1.29, 1.82) is 5.26 Å². The van der Waals surface area contributed by atoms with Gasteiger partial charge in [0, 0.05) is 6.42 Å². The van der Waals surface area contributed by atoms with Crippen molar-refractivity contribution < 1.29 is 9.59 Å². The van der Waals surface area contributed by atoms with Crippen LogP contribution in [0.5, 0.6) is 0 Å². The fraction of sp³-hybridized carbons (Fsp3) is 0.786. The molecular weight excluding hydrogens is 228 g/mol. The summed E-state index contributed by atoms with van der Waals surface area (Å²) in [6.07, 6.45) is 6.23. The second kappa shape index (κ2) is 5.09. The van der Waals surface area contributed by atoms with Gasteiger partial charge in [-0.05, 0) is 19.3 Å². The first-order valence-corrected chi connectivity index (χ1v) is 6.88. The van der Waals surface area contributed by atoms with E-state index in [1.807, 2.05) is 6.92 Å². The van der Waals surface area contributed by atoms with Crippen LogP contribution in [0.1, 0.15) is 58.3 Å². The van der Waals surface area contributed by atoms with Crippen molar-refractivity contribution >= 4 is 11.8 Å². The van der Waals surface area contributed by atoms with Crippen molar-refractivity contribution in [1.82, 2.24) is 4.90 Å². The van der Waals surface area contributed by atoms with E-state index in [0.29, 0.717) is 12.8 Å². The summed E-state index contributed by atoms with van der Waals surface area (Å²) in [5.41, 5.74) is -0.418. The van der Waals surface area contributed by atoms with Crippen molar-refractivity contribution in [2.24, 2.45) is 5.41 Å². The standard InChI is InChI=1S/C14H20N2O2/c1-2-11(6-9-15)16-12(17)10-14(13(16)18)7-4-3-5-8-14/h11H,2-8,10H2,1H3.